The first kappa shape index (κ1) is 19.1. The molecule has 3 rings (SSSR count). The Hall–Kier alpha value is -2.66. The maximum Gasteiger partial charge on any atom is 0.314 e. The molecule has 1 atom stereocenters. The minimum absolute atomic E-state index is 0.0459. The normalized spacial score (nSPS) is 12.3. The summed E-state index contributed by atoms with van der Waals surface area (Å²) in [6.45, 7) is 5.76. The van der Waals surface area contributed by atoms with Crippen LogP contribution in [0, 0.1) is 12.8 Å². The van der Waals surface area contributed by atoms with E-state index in [1.54, 1.807) is 24.4 Å². The third-order valence-corrected chi connectivity index (χ3v) is 4.70. The number of benzene rings is 1. The number of hydrogen-bond donors (Lipinski definition) is 0. The van der Waals surface area contributed by atoms with Crippen LogP contribution < -0.4 is 5.56 Å². The Morgan fingerprint density at radius 1 is 1.22 bits per heavy atom. The smallest absolute Gasteiger partial charge is 0.314 e. The van der Waals surface area contributed by atoms with Crippen molar-refractivity contribution in [3.63, 3.8) is 0 Å². The van der Waals surface area contributed by atoms with Gasteiger partial charge in [-0.15, -0.1) is 0 Å². The second kappa shape index (κ2) is 7.92. The third-order valence-electron chi connectivity index (χ3n) is 4.45. The number of carbonyl (C=O) groups excluding carboxylic acids is 1. The molecule has 0 amide bonds. The van der Waals surface area contributed by atoms with E-state index in [-0.39, 0.29) is 24.1 Å². The number of carbonyl (C=O) groups is 1. The molecule has 5 nitrogen and oxygen atoms in total. The van der Waals surface area contributed by atoms with Crippen LogP contribution in [0.2, 0.25) is 5.02 Å². The predicted molar refractivity (Wildman–Crippen MR) is 105 cm³/mol. The monoisotopic (exact) mass is 384 g/mol. The maximum atomic E-state index is 12.7. The van der Waals surface area contributed by atoms with E-state index >= 15 is 0 Å². The summed E-state index contributed by atoms with van der Waals surface area (Å²) in [6.07, 6.45) is 1.67. The van der Waals surface area contributed by atoms with Crippen molar-refractivity contribution in [1.29, 1.82) is 0 Å². The number of esters is 1. The van der Waals surface area contributed by atoms with E-state index < -0.39 is 5.92 Å². The van der Waals surface area contributed by atoms with Crippen molar-refractivity contribution in [2.24, 2.45) is 5.92 Å². The Morgan fingerprint density at radius 3 is 2.59 bits per heavy atom. The number of fused-ring (bicyclic) bond motifs is 1. The molecule has 0 aliphatic heterocycles. The lowest BCUT2D eigenvalue weighted by atomic mass is 9.88. The fourth-order valence-electron chi connectivity index (χ4n) is 3.08. The van der Waals surface area contributed by atoms with E-state index in [0.717, 1.165) is 11.1 Å². The maximum absolute atomic E-state index is 12.7. The fourth-order valence-corrected chi connectivity index (χ4v) is 3.21. The quantitative estimate of drug-likeness (QED) is 0.620. The molecule has 0 saturated carbocycles. The van der Waals surface area contributed by atoms with E-state index in [4.69, 9.17) is 16.3 Å². The van der Waals surface area contributed by atoms with Crippen molar-refractivity contribution in [1.82, 2.24) is 9.38 Å². The van der Waals surface area contributed by atoms with Crippen LogP contribution in [0.25, 0.3) is 5.65 Å². The summed E-state index contributed by atoms with van der Waals surface area (Å²) in [5, 5.41) is 0.617. The van der Waals surface area contributed by atoms with Gasteiger partial charge in [0, 0.05) is 17.3 Å². The third kappa shape index (κ3) is 4.19. The van der Waals surface area contributed by atoms with E-state index in [0.29, 0.717) is 16.4 Å². The Morgan fingerprint density at radius 2 is 1.93 bits per heavy atom. The number of rotatable bonds is 5. The van der Waals surface area contributed by atoms with Crippen molar-refractivity contribution < 1.29 is 9.53 Å². The van der Waals surface area contributed by atoms with Gasteiger partial charge in [0.1, 0.15) is 12.3 Å². The molecule has 27 heavy (non-hydrogen) atoms. The van der Waals surface area contributed by atoms with Gasteiger partial charge in [0.15, 0.2) is 0 Å². The SMILES string of the molecule is Cc1cccn2c(=O)cc(COC(=O)[C@@H](c3ccc(Cl)cc3)C(C)C)nc12. The van der Waals surface area contributed by atoms with E-state index in [9.17, 15) is 9.59 Å². The van der Waals surface area contributed by atoms with Gasteiger partial charge in [0.2, 0.25) is 0 Å². The van der Waals surface area contributed by atoms with Crippen LogP contribution in [0.1, 0.15) is 36.6 Å². The molecule has 0 spiro atoms. The highest BCUT2D eigenvalue weighted by Gasteiger charge is 2.26. The summed E-state index contributed by atoms with van der Waals surface area (Å²) in [7, 11) is 0. The van der Waals surface area contributed by atoms with Crippen LogP contribution in [-0.4, -0.2) is 15.4 Å². The first-order valence-electron chi connectivity index (χ1n) is 8.77. The van der Waals surface area contributed by atoms with Crippen LogP contribution in [0.15, 0.2) is 53.5 Å². The Labute approximate surface area is 162 Å². The zero-order chi connectivity index (χ0) is 19.6. The van der Waals surface area contributed by atoms with Crippen LogP contribution in [-0.2, 0) is 16.1 Å². The summed E-state index contributed by atoms with van der Waals surface area (Å²) in [5.74, 6) is -0.708. The number of hydrogen-bond acceptors (Lipinski definition) is 4. The van der Waals surface area contributed by atoms with Crippen molar-refractivity contribution in [3.05, 3.63) is 80.9 Å². The molecular weight excluding hydrogens is 364 g/mol. The van der Waals surface area contributed by atoms with Gasteiger partial charge in [0.25, 0.3) is 5.56 Å². The molecule has 0 aliphatic rings. The van der Waals surface area contributed by atoms with Gasteiger partial charge >= 0.3 is 5.97 Å². The molecular formula is C21H21ClN2O3. The lowest BCUT2D eigenvalue weighted by Gasteiger charge is -2.20. The molecule has 3 aromatic rings. The van der Waals surface area contributed by atoms with Crippen molar-refractivity contribution >= 4 is 23.2 Å². The second-order valence-electron chi connectivity index (χ2n) is 6.85. The molecule has 2 aromatic heterocycles. The van der Waals surface area contributed by atoms with Gasteiger partial charge < -0.3 is 4.74 Å². The molecule has 0 fully saturated rings. The Bertz CT molecular complexity index is 1030. The van der Waals surface area contributed by atoms with Crippen LogP contribution in [0.3, 0.4) is 0 Å². The minimum atomic E-state index is -0.412. The highest BCUT2D eigenvalue weighted by molar-refractivity contribution is 6.30. The highest BCUT2D eigenvalue weighted by atomic mass is 35.5. The Balaban J connectivity index is 1.81. The molecule has 0 N–H and O–H groups in total. The zero-order valence-corrected chi connectivity index (χ0v) is 16.2. The van der Waals surface area contributed by atoms with Gasteiger partial charge in [-0.05, 0) is 42.2 Å². The Kier molecular flexibility index (Phi) is 5.61. The van der Waals surface area contributed by atoms with E-state index in [1.165, 1.54) is 10.5 Å². The molecule has 0 unspecified atom stereocenters. The van der Waals surface area contributed by atoms with Crippen molar-refractivity contribution in [2.75, 3.05) is 0 Å². The topological polar surface area (TPSA) is 60.7 Å². The fraction of sp³-hybridized carbons (Fsp3) is 0.286. The average molecular weight is 385 g/mol. The van der Waals surface area contributed by atoms with E-state index in [2.05, 4.69) is 4.98 Å². The van der Waals surface area contributed by atoms with Crippen LogP contribution in [0.4, 0.5) is 0 Å². The zero-order valence-electron chi connectivity index (χ0n) is 15.5. The van der Waals surface area contributed by atoms with E-state index in [1.807, 2.05) is 39.0 Å². The summed E-state index contributed by atoms with van der Waals surface area (Å²) < 4.78 is 6.97. The summed E-state index contributed by atoms with van der Waals surface area (Å²) in [5.41, 5.74) is 2.52. The summed E-state index contributed by atoms with van der Waals surface area (Å²) in [4.78, 5) is 29.4. The van der Waals surface area contributed by atoms with Crippen molar-refractivity contribution in [3.8, 4) is 0 Å². The highest BCUT2D eigenvalue weighted by Crippen LogP contribution is 2.27. The minimum Gasteiger partial charge on any atom is -0.459 e. The van der Waals surface area contributed by atoms with Gasteiger partial charge in [-0.25, -0.2) is 4.98 Å². The number of ether oxygens (including phenoxy) is 1. The standard InChI is InChI=1S/C21H21ClN2O3/c1-13(2)19(15-6-8-16(22)9-7-15)21(26)27-12-17-11-18(25)24-10-4-5-14(3)20(24)23-17/h4-11,13,19H,12H2,1-3H3/t19-/m1/s1. The number of halogens is 1. The molecule has 2 heterocycles. The molecule has 0 bridgehead atoms. The van der Waals surface area contributed by atoms with Crippen LogP contribution in [0.5, 0.6) is 0 Å². The summed E-state index contributed by atoms with van der Waals surface area (Å²) in [6, 6.07) is 12.3. The molecule has 0 saturated heterocycles. The molecule has 1 aromatic carbocycles. The predicted octanol–water partition coefficient (Wildman–Crippen LogP) is 4.14. The summed E-state index contributed by atoms with van der Waals surface area (Å²) >= 11 is 5.94. The molecule has 0 radical (unpaired) electrons. The largest absolute Gasteiger partial charge is 0.459 e. The van der Waals surface area contributed by atoms with Crippen LogP contribution >= 0.6 is 11.6 Å². The number of pyridine rings is 1. The van der Waals surface area contributed by atoms with Gasteiger partial charge in [-0.1, -0.05) is 43.6 Å². The van der Waals surface area contributed by atoms with Crippen molar-refractivity contribution in [2.45, 2.75) is 33.3 Å². The first-order valence-corrected chi connectivity index (χ1v) is 9.14. The second-order valence-corrected chi connectivity index (χ2v) is 7.29. The van der Waals surface area contributed by atoms with Gasteiger partial charge in [-0.2, -0.15) is 0 Å². The number of aryl methyl sites for hydroxylation is 1. The molecule has 0 aliphatic carbocycles. The van der Waals surface area contributed by atoms with Gasteiger partial charge in [0.05, 0.1) is 11.6 Å². The number of nitrogens with zero attached hydrogens (tertiary/aromatic N) is 2. The molecule has 6 heteroatoms. The molecule has 140 valence electrons. The average Bonchev–Trinajstić information content (AvgIpc) is 2.62. The lowest BCUT2D eigenvalue weighted by molar-refractivity contribution is -0.148. The van der Waals surface area contributed by atoms with Gasteiger partial charge in [-0.3, -0.25) is 14.0 Å². The number of aromatic nitrogens is 2. The lowest BCUT2D eigenvalue weighted by Crippen LogP contribution is -2.22. The first-order chi connectivity index (χ1) is 12.9.